The number of unbranched alkanes of at least 4 members (excludes halogenated alkanes) is 1. The van der Waals surface area contributed by atoms with Gasteiger partial charge in [0.1, 0.15) is 5.60 Å². The van der Waals surface area contributed by atoms with E-state index in [1.54, 1.807) is 0 Å². The second-order valence-corrected chi connectivity index (χ2v) is 7.72. The van der Waals surface area contributed by atoms with E-state index in [0.29, 0.717) is 12.5 Å². The summed E-state index contributed by atoms with van der Waals surface area (Å²) in [6.07, 6.45) is 7.09. The molecule has 0 aromatic heterocycles. The average molecular weight is 344 g/mol. The smallest absolute Gasteiger partial charge is 0.405 e. The highest BCUT2D eigenvalue weighted by Crippen LogP contribution is 2.32. The van der Waals surface area contributed by atoms with Crippen LogP contribution in [0, 0.1) is 11.8 Å². The summed E-state index contributed by atoms with van der Waals surface area (Å²) >= 11 is 0. The molecule has 0 spiro atoms. The van der Waals surface area contributed by atoms with Gasteiger partial charge in [-0.1, -0.05) is 60.3 Å². The fraction of sp³-hybridized carbons (Fsp3) is 0.950. The number of nitrogens with two attached hydrogens (primary N) is 1. The Kier molecular flexibility index (Phi) is 10.6. The summed E-state index contributed by atoms with van der Waals surface area (Å²) in [5.41, 5.74) is 4.53. The molecule has 0 radical (unpaired) electrons. The lowest BCUT2D eigenvalue weighted by Gasteiger charge is -2.38. The number of carbonyl (C=O) groups is 1. The van der Waals surface area contributed by atoms with Crippen molar-refractivity contribution >= 4 is 6.09 Å². The number of hydrogen-bond donors (Lipinski definition) is 1. The van der Waals surface area contributed by atoms with E-state index in [0.717, 1.165) is 19.3 Å². The lowest BCUT2D eigenvalue weighted by Crippen LogP contribution is -2.43. The minimum Gasteiger partial charge on any atom is -0.443 e. The summed E-state index contributed by atoms with van der Waals surface area (Å²) in [7, 11) is 0. The third-order valence-electron chi connectivity index (χ3n) is 5.77. The van der Waals surface area contributed by atoms with Crippen LogP contribution >= 0.6 is 0 Å². The number of primary amides is 1. The molecule has 4 unspecified atom stereocenters. The molecular weight excluding hydrogens is 302 g/mol. The quantitative estimate of drug-likeness (QED) is 0.468. The highest BCUT2D eigenvalue weighted by molar-refractivity contribution is 5.65. The van der Waals surface area contributed by atoms with Crippen LogP contribution in [-0.4, -0.2) is 23.9 Å². The maximum Gasteiger partial charge on any atom is 0.405 e. The van der Waals surface area contributed by atoms with Crippen molar-refractivity contribution in [1.29, 1.82) is 0 Å². The van der Waals surface area contributed by atoms with Crippen molar-refractivity contribution in [3.05, 3.63) is 0 Å². The van der Waals surface area contributed by atoms with Gasteiger partial charge in [-0.05, 0) is 39.0 Å². The van der Waals surface area contributed by atoms with E-state index in [9.17, 15) is 4.79 Å². The summed E-state index contributed by atoms with van der Waals surface area (Å²) in [5.74, 6) is 0.807. The van der Waals surface area contributed by atoms with E-state index < -0.39 is 11.7 Å². The van der Waals surface area contributed by atoms with Gasteiger partial charge in [-0.2, -0.15) is 0 Å². The standard InChI is InChI=1S/C20H41NO3/c1-8-12-13-17(9-2)14-19(6,10-3)23-15-16(5)20(7,11-4)24-18(21)22/h16-17H,8-15H2,1-7H3,(H2,21,22). The molecule has 0 aromatic carbocycles. The Morgan fingerprint density at radius 1 is 1.12 bits per heavy atom. The monoisotopic (exact) mass is 343 g/mol. The molecule has 0 bridgehead atoms. The molecule has 1 amide bonds. The van der Waals surface area contributed by atoms with Gasteiger partial charge in [-0.3, -0.25) is 0 Å². The lowest BCUT2D eigenvalue weighted by molar-refractivity contribution is -0.103. The Bertz CT molecular complexity index is 361. The maximum absolute atomic E-state index is 11.2. The largest absolute Gasteiger partial charge is 0.443 e. The van der Waals surface area contributed by atoms with Gasteiger partial charge in [-0.25, -0.2) is 4.79 Å². The third kappa shape index (κ3) is 7.87. The fourth-order valence-electron chi connectivity index (χ4n) is 3.11. The molecule has 0 aliphatic carbocycles. The molecule has 4 heteroatoms. The molecule has 0 rings (SSSR count). The Balaban J connectivity index is 4.76. The van der Waals surface area contributed by atoms with Crippen LogP contribution in [0.1, 0.15) is 93.4 Å². The van der Waals surface area contributed by atoms with Crippen LogP contribution in [0.15, 0.2) is 0 Å². The Morgan fingerprint density at radius 2 is 1.75 bits per heavy atom. The van der Waals surface area contributed by atoms with Crippen LogP contribution < -0.4 is 5.73 Å². The molecule has 0 aromatic rings. The molecule has 0 saturated heterocycles. The van der Waals surface area contributed by atoms with Gasteiger partial charge in [-0.15, -0.1) is 0 Å². The first-order valence-corrected chi connectivity index (χ1v) is 9.78. The van der Waals surface area contributed by atoms with Crippen LogP contribution in [-0.2, 0) is 9.47 Å². The summed E-state index contributed by atoms with van der Waals surface area (Å²) in [5, 5.41) is 0. The van der Waals surface area contributed by atoms with Gasteiger partial charge in [0.05, 0.1) is 12.2 Å². The number of ether oxygens (including phenoxy) is 2. The van der Waals surface area contributed by atoms with E-state index in [1.165, 1.54) is 25.7 Å². The zero-order chi connectivity index (χ0) is 18.8. The average Bonchev–Trinajstić information content (AvgIpc) is 2.55. The van der Waals surface area contributed by atoms with Crippen LogP contribution in [0.4, 0.5) is 4.79 Å². The van der Waals surface area contributed by atoms with E-state index in [-0.39, 0.29) is 11.5 Å². The second kappa shape index (κ2) is 11.0. The summed E-state index contributed by atoms with van der Waals surface area (Å²) in [6, 6.07) is 0. The molecule has 4 atom stereocenters. The van der Waals surface area contributed by atoms with Gasteiger partial charge >= 0.3 is 6.09 Å². The van der Waals surface area contributed by atoms with Crippen molar-refractivity contribution in [3.8, 4) is 0 Å². The van der Waals surface area contributed by atoms with Crippen molar-refractivity contribution in [1.82, 2.24) is 0 Å². The molecule has 0 aliphatic heterocycles. The highest BCUT2D eigenvalue weighted by atomic mass is 16.6. The number of amides is 1. The molecular formula is C20H41NO3. The summed E-state index contributed by atoms with van der Waals surface area (Å²) in [4.78, 5) is 11.2. The molecule has 0 fully saturated rings. The molecule has 144 valence electrons. The van der Waals surface area contributed by atoms with Gasteiger partial charge in [0.2, 0.25) is 0 Å². The van der Waals surface area contributed by atoms with Crippen molar-refractivity contribution < 1.29 is 14.3 Å². The Labute approximate surface area is 149 Å². The van der Waals surface area contributed by atoms with Crippen LogP contribution in [0.25, 0.3) is 0 Å². The highest BCUT2D eigenvalue weighted by Gasteiger charge is 2.35. The number of rotatable bonds is 13. The Hall–Kier alpha value is -0.770. The first-order valence-electron chi connectivity index (χ1n) is 9.78. The molecule has 0 aliphatic rings. The van der Waals surface area contributed by atoms with Crippen LogP contribution in [0.3, 0.4) is 0 Å². The third-order valence-corrected chi connectivity index (χ3v) is 5.77. The zero-order valence-corrected chi connectivity index (χ0v) is 17.1. The normalized spacial score (nSPS) is 19.1. The van der Waals surface area contributed by atoms with Crippen molar-refractivity contribution in [2.45, 2.75) is 105 Å². The minimum absolute atomic E-state index is 0.0941. The molecule has 24 heavy (non-hydrogen) atoms. The minimum atomic E-state index is -0.713. The summed E-state index contributed by atoms with van der Waals surface area (Å²) < 4.78 is 11.7. The van der Waals surface area contributed by atoms with E-state index in [1.807, 2.05) is 13.8 Å². The fourth-order valence-corrected chi connectivity index (χ4v) is 3.11. The van der Waals surface area contributed by atoms with Gasteiger partial charge in [0.25, 0.3) is 0 Å². The van der Waals surface area contributed by atoms with Crippen molar-refractivity contribution in [3.63, 3.8) is 0 Å². The Morgan fingerprint density at radius 3 is 2.17 bits per heavy atom. The molecule has 4 nitrogen and oxygen atoms in total. The number of carbonyl (C=O) groups excluding carboxylic acids is 1. The lowest BCUT2D eigenvalue weighted by atomic mass is 9.84. The second-order valence-electron chi connectivity index (χ2n) is 7.72. The van der Waals surface area contributed by atoms with Crippen molar-refractivity contribution in [2.24, 2.45) is 17.6 Å². The van der Waals surface area contributed by atoms with Gasteiger partial charge in [0, 0.05) is 5.92 Å². The first kappa shape index (κ1) is 23.2. The van der Waals surface area contributed by atoms with E-state index in [2.05, 4.69) is 34.6 Å². The summed E-state index contributed by atoms with van der Waals surface area (Å²) in [6.45, 7) is 15.5. The van der Waals surface area contributed by atoms with Crippen molar-refractivity contribution in [2.75, 3.05) is 6.61 Å². The number of hydrogen-bond acceptors (Lipinski definition) is 3. The molecule has 0 heterocycles. The van der Waals surface area contributed by atoms with Crippen LogP contribution in [0.5, 0.6) is 0 Å². The maximum atomic E-state index is 11.2. The predicted molar refractivity (Wildman–Crippen MR) is 101 cm³/mol. The van der Waals surface area contributed by atoms with E-state index in [4.69, 9.17) is 15.2 Å². The topological polar surface area (TPSA) is 61.6 Å². The molecule has 0 saturated carbocycles. The van der Waals surface area contributed by atoms with Crippen LogP contribution in [0.2, 0.25) is 0 Å². The molecule has 2 N–H and O–H groups in total. The predicted octanol–water partition coefficient (Wildman–Crippen LogP) is 5.68. The van der Waals surface area contributed by atoms with Gasteiger partial charge < -0.3 is 15.2 Å². The van der Waals surface area contributed by atoms with E-state index >= 15 is 0 Å². The first-order chi connectivity index (χ1) is 11.2. The zero-order valence-electron chi connectivity index (χ0n) is 17.1. The van der Waals surface area contributed by atoms with Gasteiger partial charge in [0.15, 0.2) is 0 Å². The SMILES string of the molecule is CCCCC(CC)CC(C)(CC)OCC(C)C(C)(CC)OC(N)=O.